The Morgan fingerprint density at radius 1 is 1.32 bits per heavy atom. The van der Waals surface area contributed by atoms with E-state index in [1.54, 1.807) is 26.1 Å². The fourth-order valence-electron chi connectivity index (χ4n) is 1.80. The average molecular weight is 265 g/mol. The van der Waals surface area contributed by atoms with E-state index in [0.717, 1.165) is 16.9 Å². The Kier molecular flexibility index (Phi) is 5.79. The van der Waals surface area contributed by atoms with Crippen LogP contribution in [0.15, 0.2) is 18.2 Å². The molecule has 5 heteroatoms. The van der Waals surface area contributed by atoms with Crippen molar-refractivity contribution in [2.24, 2.45) is 5.73 Å². The van der Waals surface area contributed by atoms with Crippen molar-refractivity contribution in [2.45, 2.75) is 13.1 Å². The van der Waals surface area contributed by atoms with Gasteiger partial charge in [0.25, 0.3) is 0 Å². The minimum absolute atomic E-state index is 0.0800. The molecule has 1 rings (SSSR count). The van der Waals surface area contributed by atoms with Crippen molar-refractivity contribution in [1.82, 2.24) is 9.80 Å². The summed E-state index contributed by atoms with van der Waals surface area (Å²) in [6.45, 7) is 1.52. The first-order valence-corrected chi connectivity index (χ1v) is 6.22. The molecule has 5 nitrogen and oxygen atoms in total. The Labute approximate surface area is 114 Å². The normalized spacial score (nSPS) is 10.6. The summed E-state index contributed by atoms with van der Waals surface area (Å²) in [7, 11) is 7.07. The number of carbonyl (C=O) groups is 1. The molecule has 0 saturated heterocycles. The summed E-state index contributed by atoms with van der Waals surface area (Å²) in [5, 5.41) is 0. The third-order valence-electron chi connectivity index (χ3n) is 2.92. The highest BCUT2D eigenvalue weighted by atomic mass is 16.5. The minimum atomic E-state index is 0.0800. The fraction of sp³-hybridized carbons (Fsp3) is 0.500. The molecule has 0 aliphatic rings. The monoisotopic (exact) mass is 265 g/mol. The Morgan fingerprint density at radius 2 is 2.00 bits per heavy atom. The zero-order valence-electron chi connectivity index (χ0n) is 12.1. The molecule has 1 aromatic carbocycles. The van der Waals surface area contributed by atoms with E-state index >= 15 is 0 Å². The van der Waals surface area contributed by atoms with Gasteiger partial charge in [-0.2, -0.15) is 0 Å². The molecule has 0 saturated carbocycles. The molecule has 0 atom stereocenters. The topological polar surface area (TPSA) is 58.8 Å². The zero-order chi connectivity index (χ0) is 14.4. The van der Waals surface area contributed by atoms with Crippen molar-refractivity contribution in [3.8, 4) is 5.75 Å². The predicted octanol–water partition coefficient (Wildman–Crippen LogP) is 0.674. The number of nitrogens with zero attached hydrogens (tertiary/aromatic N) is 2. The van der Waals surface area contributed by atoms with Gasteiger partial charge < -0.3 is 15.4 Å². The number of rotatable bonds is 6. The highest BCUT2D eigenvalue weighted by molar-refractivity contribution is 5.77. The Balaban J connectivity index is 2.77. The molecule has 19 heavy (non-hydrogen) atoms. The maximum Gasteiger partial charge on any atom is 0.236 e. The van der Waals surface area contributed by atoms with Crippen molar-refractivity contribution < 1.29 is 9.53 Å². The third kappa shape index (κ3) is 4.54. The summed E-state index contributed by atoms with van der Waals surface area (Å²) in [5.74, 6) is 0.901. The molecular formula is C14H23N3O2. The number of methoxy groups -OCH3 is 1. The van der Waals surface area contributed by atoms with Crippen molar-refractivity contribution in [3.63, 3.8) is 0 Å². The number of ether oxygens (including phenoxy) is 1. The van der Waals surface area contributed by atoms with E-state index in [9.17, 15) is 4.79 Å². The van der Waals surface area contributed by atoms with Crippen LogP contribution in [0.2, 0.25) is 0 Å². The largest absolute Gasteiger partial charge is 0.496 e. The third-order valence-corrected chi connectivity index (χ3v) is 2.92. The quantitative estimate of drug-likeness (QED) is 0.821. The molecule has 2 N–H and O–H groups in total. The molecule has 0 fully saturated rings. The molecule has 0 spiro atoms. The van der Waals surface area contributed by atoms with E-state index in [0.29, 0.717) is 19.6 Å². The number of benzene rings is 1. The van der Waals surface area contributed by atoms with Crippen LogP contribution in [0.25, 0.3) is 0 Å². The fourth-order valence-corrected chi connectivity index (χ4v) is 1.80. The van der Waals surface area contributed by atoms with Gasteiger partial charge in [-0.05, 0) is 24.7 Å². The summed E-state index contributed by atoms with van der Waals surface area (Å²) in [5.41, 5.74) is 7.75. The van der Waals surface area contributed by atoms with E-state index in [2.05, 4.69) is 0 Å². The molecule has 0 bridgehead atoms. The van der Waals surface area contributed by atoms with Gasteiger partial charge in [0.15, 0.2) is 0 Å². The van der Waals surface area contributed by atoms with Gasteiger partial charge in [-0.1, -0.05) is 6.07 Å². The van der Waals surface area contributed by atoms with Gasteiger partial charge in [0.05, 0.1) is 13.7 Å². The summed E-state index contributed by atoms with van der Waals surface area (Å²) in [6.07, 6.45) is 0. The van der Waals surface area contributed by atoms with Gasteiger partial charge in [0, 0.05) is 32.7 Å². The summed E-state index contributed by atoms with van der Waals surface area (Å²) in [6, 6.07) is 5.89. The number of hydrogen-bond acceptors (Lipinski definition) is 4. The SMILES string of the molecule is COc1ccc(CN)cc1CN(C)CC(=O)N(C)C. The summed E-state index contributed by atoms with van der Waals surface area (Å²) >= 11 is 0. The molecular weight excluding hydrogens is 242 g/mol. The Bertz CT molecular complexity index is 433. The first-order valence-electron chi connectivity index (χ1n) is 6.22. The van der Waals surface area contributed by atoms with E-state index in [-0.39, 0.29) is 5.91 Å². The van der Waals surface area contributed by atoms with Gasteiger partial charge in [0.2, 0.25) is 5.91 Å². The smallest absolute Gasteiger partial charge is 0.236 e. The Hall–Kier alpha value is -1.59. The number of hydrogen-bond donors (Lipinski definition) is 1. The molecule has 0 aliphatic carbocycles. The van der Waals surface area contributed by atoms with Crippen molar-refractivity contribution >= 4 is 5.91 Å². The maximum absolute atomic E-state index is 11.7. The van der Waals surface area contributed by atoms with Crippen LogP contribution in [0.1, 0.15) is 11.1 Å². The molecule has 0 radical (unpaired) electrons. The van der Waals surface area contributed by atoms with Crippen LogP contribution in [0.5, 0.6) is 5.75 Å². The second-order valence-electron chi connectivity index (χ2n) is 4.81. The number of amides is 1. The number of nitrogens with two attached hydrogens (primary N) is 1. The van der Waals surface area contributed by atoms with Gasteiger partial charge in [-0.25, -0.2) is 0 Å². The van der Waals surface area contributed by atoms with E-state index in [1.165, 1.54) is 0 Å². The molecule has 0 heterocycles. The summed E-state index contributed by atoms with van der Waals surface area (Å²) in [4.78, 5) is 15.2. The first kappa shape index (κ1) is 15.5. The van der Waals surface area contributed by atoms with Gasteiger partial charge in [-0.3, -0.25) is 9.69 Å². The van der Waals surface area contributed by atoms with Crippen LogP contribution in [-0.2, 0) is 17.9 Å². The number of likely N-dealkylation sites (N-methyl/N-ethyl adjacent to an activating group) is 2. The molecule has 0 aromatic heterocycles. The van der Waals surface area contributed by atoms with Gasteiger partial charge in [-0.15, -0.1) is 0 Å². The predicted molar refractivity (Wildman–Crippen MR) is 75.9 cm³/mol. The van der Waals surface area contributed by atoms with Crippen LogP contribution in [0.3, 0.4) is 0 Å². The van der Waals surface area contributed by atoms with Crippen molar-refractivity contribution in [3.05, 3.63) is 29.3 Å². The second kappa shape index (κ2) is 7.11. The van der Waals surface area contributed by atoms with Crippen LogP contribution >= 0.6 is 0 Å². The highest BCUT2D eigenvalue weighted by Gasteiger charge is 2.11. The molecule has 1 aromatic rings. The highest BCUT2D eigenvalue weighted by Crippen LogP contribution is 2.21. The van der Waals surface area contributed by atoms with Gasteiger partial charge >= 0.3 is 0 Å². The van der Waals surface area contributed by atoms with Gasteiger partial charge in [0.1, 0.15) is 5.75 Å². The van der Waals surface area contributed by atoms with Crippen LogP contribution in [0, 0.1) is 0 Å². The second-order valence-corrected chi connectivity index (χ2v) is 4.81. The van der Waals surface area contributed by atoms with Crippen molar-refractivity contribution in [2.75, 3.05) is 34.8 Å². The molecule has 0 unspecified atom stereocenters. The lowest BCUT2D eigenvalue weighted by Crippen LogP contribution is -2.34. The lowest BCUT2D eigenvalue weighted by atomic mass is 10.1. The molecule has 106 valence electrons. The minimum Gasteiger partial charge on any atom is -0.496 e. The molecule has 0 aliphatic heterocycles. The van der Waals surface area contributed by atoms with Crippen molar-refractivity contribution in [1.29, 1.82) is 0 Å². The van der Waals surface area contributed by atoms with Crippen LogP contribution in [0.4, 0.5) is 0 Å². The van der Waals surface area contributed by atoms with E-state index in [1.807, 2.05) is 30.1 Å². The number of carbonyl (C=O) groups excluding carboxylic acids is 1. The van der Waals surface area contributed by atoms with Crippen LogP contribution < -0.4 is 10.5 Å². The Morgan fingerprint density at radius 3 is 2.53 bits per heavy atom. The lowest BCUT2D eigenvalue weighted by Gasteiger charge is -2.20. The lowest BCUT2D eigenvalue weighted by molar-refractivity contribution is -0.129. The first-order chi connectivity index (χ1) is 8.97. The summed E-state index contributed by atoms with van der Waals surface area (Å²) < 4.78 is 5.34. The maximum atomic E-state index is 11.7. The average Bonchev–Trinajstić information content (AvgIpc) is 2.38. The molecule has 1 amide bonds. The van der Waals surface area contributed by atoms with Crippen LogP contribution in [-0.4, -0.2) is 50.5 Å². The standard InChI is InChI=1S/C14H23N3O2/c1-16(2)14(18)10-17(3)9-12-7-11(8-15)5-6-13(12)19-4/h5-7H,8-10,15H2,1-4H3. The zero-order valence-corrected chi connectivity index (χ0v) is 12.1. The van der Waals surface area contributed by atoms with E-state index < -0.39 is 0 Å². The van der Waals surface area contributed by atoms with E-state index in [4.69, 9.17) is 10.5 Å².